The van der Waals surface area contributed by atoms with Gasteiger partial charge >= 0.3 is 5.97 Å². The molecule has 0 aliphatic rings. The number of benzene rings is 2. The van der Waals surface area contributed by atoms with Crippen molar-refractivity contribution in [3.05, 3.63) is 72.3 Å². The molecule has 7 heteroatoms. The summed E-state index contributed by atoms with van der Waals surface area (Å²) in [6.07, 6.45) is 3.19. The zero-order valence-corrected chi connectivity index (χ0v) is 16.3. The number of hydrogen-bond acceptors (Lipinski definition) is 5. The van der Waals surface area contributed by atoms with Crippen molar-refractivity contribution >= 4 is 28.3 Å². The quantitative estimate of drug-likeness (QED) is 0.417. The van der Waals surface area contributed by atoms with E-state index in [0.717, 1.165) is 5.69 Å². The number of anilines is 2. The van der Waals surface area contributed by atoms with Crippen molar-refractivity contribution in [2.75, 3.05) is 5.32 Å². The summed E-state index contributed by atoms with van der Waals surface area (Å²) in [4.78, 5) is 16.0. The lowest BCUT2D eigenvalue weighted by atomic mass is 10.0. The fourth-order valence-electron chi connectivity index (χ4n) is 3.18. The van der Waals surface area contributed by atoms with Crippen molar-refractivity contribution in [2.24, 2.45) is 0 Å². The molecule has 0 aliphatic carbocycles. The molecule has 0 aliphatic heterocycles. The van der Waals surface area contributed by atoms with E-state index < -0.39 is 11.8 Å². The number of hydrogen-bond donors (Lipinski definition) is 2. The molecule has 152 valence electrons. The highest BCUT2D eigenvalue weighted by Crippen LogP contribution is 2.40. The molecular weight excluding hydrogens is 387 g/mol. The fourth-order valence-corrected chi connectivity index (χ4v) is 3.18. The lowest BCUT2D eigenvalue weighted by molar-refractivity contribution is 0.0699. The Morgan fingerprint density at radius 3 is 2.47 bits per heavy atom. The maximum Gasteiger partial charge on any atom is 0.340 e. The molecule has 0 fully saturated rings. The number of carboxylic acids is 1. The normalized spacial score (nSPS) is 11.1. The van der Waals surface area contributed by atoms with Crippen molar-refractivity contribution in [2.45, 2.75) is 20.0 Å². The van der Waals surface area contributed by atoms with Crippen molar-refractivity contribution in [3.8, 4) is 17.1 Å². The standard InChI is InChI=1S/C23H19FN2O4/c1-13(2)29-20-11-17-19(12-18(20)26-16-7-9-25-10-8-16)30-22(21(17)23(27)28)14-3-5-15(24)6-4-14/h3-13H,1-2H3,(H,25,26)(H,27,28). The number of aromatic nitrogens is 1. The number of carbonyl (C=O) groups is 1. The van der Waals surface area contributed by atoms with E-state index >= 15 is 0 Å². The average Bonchev–Trinajstić information content (AvgIpc) is 3.07. The molecule has 2 heterocycles. The van der Waals surface area contributed by atoms with Crippen LogP contribution in [0.4, 0.5) is 15.8 Å². The van der Waals surface area contributed by atoms with Crippen LogP contribution in [0.25, 0.3) is 22.3 Å². The summed E-state index contributed by atoms with van der Waals surface area (Å²) in [7, 11) is 0. The number of pyridine rings is 1. The Hall–Kier alpha value is -3.87. The van der Waals surface area contributed by atoms with E-state index in [9.17, 15) is 14.3 Å². The number of rotatable bonds is 6. The molecular formula is C23H19FN2O4. The van der Waals surface area contributed by atoms with E-state index in [4.69, 9.17) is 9.15 Å². The van der Waals surface area contributed by atoms with Gasteiger partial charge in [-0.2, -0.15) is 0 Å². The van der Waals surface area contributed by atoms with Gasteiger partial charge in [0, 0.05) is 35.1 Å². The number of halogens is 1. The Labute approximate surface area is 171 Å². The average molecular weight is 406 g/mol. The van der Waals surface area contributed by atoms with Crippen LogP contribution in [0.15, 0.2) is 65.3 Å². The van der Waals surface area contributed by atoms with Crippen molar-refractivity contribution in [3.63, 3.8) is 0 Å². The molecule has 6 nitrogen and oxygen atoms in total. The molecule has 2 aromatic heterocycles. The first kappa shape index (κ1) is 19.4. The molecule has 0 amide bonds. The van der Waals surface area contributed by atoms with Crippen LogP contribution in [0.5, 0.6) is 5.75 Å². The van der Waals surface area contributed by atoms with Crippen LogP contribution in [0.3, 0.4) is 0 Å². The second-order valence-corrected chi connectivity index (χ2v) is 6.99. The summed E-state index contributed by atoms with van der Waals surface area (Å²) in [6.45, 7) is 3.77. The Kier molecular flexibility index (Phi) is 5.10. The number of nitrogens with zero attached hydrogens (tertiary/aromatic N) is 1. The molecule has 0 radical (unpaired) electrons. The molecule has 2 N–H and O–H groups in total. The van der Waals surface area contributed by atoms with Gasteiger partial charge in [-0.3, -0.25) is 4.98 Å². The van der Waals surface area contributed by atoms with Crippen LogP contribution in [-0.2, 0) is 0 Å². The fraction of sp³-hybridized carbons (Fsp3) is 0.130. The van der Waals surface area contributed by atoms with Gasteiger partial charge in [0.25, 0.3) is 0 Å². The van der Waals surface area contributed by atoms with E-state index in [1.165, 1.54) is 24.3 Å². The topological polar surface area (TPSA) is 84.6 Å². The lowest BCUT2D eigenvalue weighted by Crippen LogP contribution is -2.07. The number of aromatic carboxylic acids is 1. The van der Waals surface area contributed by atoms with Gasteiger partial charge in [0.1, 0.15) is 28.5 Å². The molecule has 2 aromatic carbocycles. The summed E-state index contributed by atoms with van der Waals surface area (Å²) in [5.74, 6) is -0.904. The summed E-state index contributed by atoms with van der Waals surface area (Å²) in [6, 6.07) is 12.5. The molecule has 0 saturated heterocycles. The maximum absolute atomic E-state index is 13.3. The first-order chi connectivity index (χ1) is 14.4. The predicted molar refractivity (Wildman–Crippen MR) is 112 cm³/mol. The minimum atomic E-state index is -1.14. The molecule has 30 heavy (non-hydrogen) atoms. The highest BCUT2D eigenvalue weighted by molar-refractivity contribution is 6.09. The third kappa shape index (κ3) is 3.82. The Bertz CT molecular complexity index is 1200. The highest BCUT2D eigenvalue weighted by atomic mass is 19.1. The minimum Gasteiger partial charge on any atom is -0.489 e. The lowest BCUT2D eigenvalue weighted by Gasteiger charge is -2.16. The third-order valence-electron chi connectivity index (χ3n) is 4.43. The smallest absolute Gasteiger partial charge is 0.340 e. The number of nitrogens with one attached hydrogen (secondary N) is 1. The third-order valence-corrected chi connectivity index (χ3v) is 4.43. The van der Waals surface area contributed by atoms with Crippen LogP contribution < -0.4 is 10.1 Å². The zero-order valence-electron chi connectivity index (χ0n) is 16.3. The van der Waals surface area contributed by atoms with E-state index in [2.05, 4.69) is 10.3 Å². The minimum absolute atomic E-state index is 0.000625. The molecule has 4 aromatic rings. The summed E-state index contributed by atoms with van der Waals surface area (Å²) >= 11 is 0. The van der Waals surface area contributed by atoms with Gasteiger partial charge in [-0.15, -0.1) is 0 Å². The molecule has 0 spiro atoms. The SMILES string of the molecule is CC(C)Oc1cc2c(C(=O)O)c(-c3ccc(F)cc3)oc2cc1Nc1ccncc1. The molecule has 0 unspecified atom stereocenters. The summed E-state index contributed by atoms with van der Waals surface area (Å²) in [5, 5.41) is 13.5. The summed E-state index contributed by atoms with van der Waals surface area (Å²) in [5.41, 5.74) is 2.26. The molecule has 0 bridgehead atoms. The number of carboxylic acid groups (broad SMARTS) is 1. The van der Waals surface area contributed by atoms with Crippen LogP contribution in [0.2, 0.25) is 0 Å². The van der Waals surface area contributed by atoms with Crippen molar-refractivity contribution in [1.82, 2.24) is 4.98 Å². The van der Waals surface area contributed by atoms with Crippen LogP contribution in [0, 0.1) is 5.82 Å². The van der Waals surface area contributed by atoms with Gasteiger partial charge in [-0.05, 0) is 56.3 Å². The van der Waals surface area contributed by atoms with Crippen LogP contribution in [-0.4, -0.2) is 22.2 Å². The van der Waals surface area contributed by atoms with Gasteiger partial charge in [0.2, 0.25) is 0 Å². The number of ether oxygens (including phenoxy) is 1. The zero-order chi connectivity index (χ0) is 21.3. The van der Waals surface area contributed by atoms with Crippen LogP contribution in [0.1, 0.15) is 24.2 Å². The maximum atomic E-state index is 13.3. The van der Waals surface area contributed by atoms with Crippen LogP contribution >= 0.6 is 0 Å². The first-order valence-corrected chi connectivity index (χ1v) is 9.36. The van der Waals surface area contributed by atoms with Gasteiger partial charge in [0.15, 0.2) is 0 Å². The van der Waals surface area contributed by atoms with Gasteiger partial charge in [0.05, 0.1) is 11.8 Å². The molecule has 0 atom stereocenters. The first-order valence-electron chi connectivity index (χ1n) is 9.36. The van der Waals surface area contributed by atoms with E-state index in [0.29, 0.717) is 28.0 Å². The van der Waals surface area contributed by atoms with E-state index in [1.54, 1.807) is 36.7 Å². The number of furan rings is 1. The predicted octanol–water partition coefficient (Wildman–Crippen LogP) is 5.86. The highest BCUT2D eigenvalue weighted by Gasteiger charge is 2.24. The second kappa shape index (κ2) is 7.87. The molecule has 4 rings (SSSR count). The monoisotopic (exact) mass is 406 g/mol. The molecule has 0 saturated carbocycles. The van der Waals surface area contributed by atoms with Gasteiger partial charge in [-0.1, -0.05) is 0 Å². The van der Waals surface area contributed by atoms with E-state index in [1.807, 2.05) is 13.8 Å². The van der Waals surface area contributed by atoms with Crippen molar-refractivity contribution in [1.29, 1.82) is 0 Å². The number of fused-ring (bicyclic) bond motifs is 1. The summed E-state index contributed by atoms with van der Waals surface area (Å²) < 4.78 is 25.2. The van der Waals surface area contributed by atoms with Gasteiger partial charge < -0.3 is 19.6 Å². The van der Waals surface area contributed by atoms with Crippen molar-refractivity contribution < 1.29 is 23.4 Å². The largest absolute Gasteiger partial charge is 0.489 e. The second-order valence-electron chi connectivity index (χ2n) is 6.99. The van der Waals surface area contributed by atoms with E-state index in [-0.39, 0.29) is 17.4 Å². The Morgan fingerprint density at radius 2 is 1.83 bits per heavy atom. The Balaban J connectivity index is 1.90. The Morgan fingerprint density at radius 1 is 1.13 bits per heavy atom. The van der Waals surface area contributed by atoms with Gasteiger partial charge in [-0.25, -0.2) is 9.18 Å².